The Morgan fingerprint density at radius 1 is 1.28 bits per heavy atom. The maximum Gasteiger partial charge on any atom is 0.371 e. The second-order valence-corrected chi connectivity index (χ2v) is 4.33. The molecule has 2 aromatic rings. The molecule has 1 heterocycles. The summed E-state index contributed by atoms with van der Waals surface area (Å²) in [4.78, 5) is 10.7. The Kier molecular flexibility index (Phi) is 3.10. The maximum atomic E-state index is 10.7. The molecule has 4 nitrogen and oxygen atoms in total. The Morgan fingerprint density at radius 3 is 2.56 bits per heavy atom. The monoisotopic (exact) mass is 246 g/mol. The van der Waals surface area contributed by atoms with Crippen LogP contribution in [0.1, 0.15) is 33.0 Å². The zero-order chi connectivity index (χ0) is 13.3. The number of phenolic OH excluding ortho intramolecular Hbond substituents is 1. The molecule has 1 aromatic heterocycles. The zero-order valence-electron chi connectivity index (χ0n) is 10.2. The average molecular weight is 246 g/mol. The lowest BCUT2D eigenvalue weighted by Crippen LogP contribution is -1.94. The van der Waals surface area contributed by atoms with E-state index in [1.54, 1.807) is 12.1 Å². The summed E-state index contributed by atoms with van der Waals surface area (Å²) < 4.78 is 5.18. The van der Waals surface area contributed by atoms with Crippen LogP contribution in [0.2, 0.25) is 0 Å². The van der Waals surface area contributed by atoms with E-state index in [4.69, 9.17) is 9.52 Å². The normalized spacial score (nSPS) is 10.6. The number of hydrogen-bond donors (Lipinski definition) is 2. The van der Waals surface area contributed by atoms with Crippen LogP contribution >= 0.6 is 0 Å². The molecule has 0 aliphatic heterocycles. The molecule has 0 aliphatic rings. The minimum absolute atomic E-state index is 0.0887. The van der Waals surface area contributed by atoms with E-state index < -0.39 is 5.97 Å². The summed E-state index contributed by atoms with van der Waals surface area (Å²) in [5.41, 5.74) is 2.70. The van der Waals surface area contributed by atoms with E-state index in [2.05, 4.69) is 0 Å². The van der Waals surface area contributed by atoms with Crippen molar-refractivity contribution in [3.8, 4) is 5.75 Å². The van der Waals surface area contributed by atoms with Gasteiger partial charge in [0.1, 0.15) is 11.5 Å². The van der Waals surface area contributed by atoms with Crippen molar-refractivity contribution < 1.29 is 19.4 Å². The summed E-state index contributed by atoms with van der Waals surface area (Å²) >= 11 is 0. The van der Waals surface area contributed by atoms with Gasteiger partial charge in [0.05, 0.1) is 0 Å². The van der Waals surface area contributed by atoms with E-state index in [1.807, 2.05) is 19.9 Å². The highest BCUT2D eigenvalue weighted by atomic mass is 16.4. The fourth-order valence-corrected chi connectivity index (χ4v) is 1.97. The molecule has 0 atom stereocenters. The minimum Gasteiger partial charge on any atom is -0.508 e. The first-order chi connectivity index (χ1) is 8.47. The largest absolute Gasteiger partial charge is 0.508 e. The molecule has 0 bridgehead atoms. The first kappa shape index (κ1) is 12.2. The van der Waals surface area contributed by atoms with Gasteiger partial charge in [0.2, 0.25) is 5.76 Å². The second kappa shape index (κ2) is 4.56. The van der Waals surface area contributed by atoms with Crippen LogP contribution < -0.4 is 0 Å². The molecule has 0 saturated carbocycles. The predicted molar refractivity (Wildman–Crippen MR) is 66.1 cm³/mol. The number of carboxylic acid groups (broad SMARTS) is 1. The number of aromatic hydroxyl groups is 1. The average Bonchev–Trinajstić information content (AvgIpc) is 2.71. The third-order valence-corrected chi connectivity index (χ3v) is 2.82. The van der Waals surface area contributed by atoms with E-state index in [1.165, 1.54) is 6.07 Å². The smallest absolute Gasteiger partial charge is 0.371 e. The highest BCUT2D eigenvalue weighted by Gasteiger charge is 2.12. The quantitative estimate of drug-likeness (QED) is 0.873. The molecule has 2 N–H and O–H groups in total. The fraction of sp³-hybridized carbons (Fsp3) is 0.214. The molecule has 0 spiro atoms. The van der Waals surface area contributed by atoms with Crippen molar-refractivity contribution in [2.24, 2.45) is 0 Å². The van der Waals surface area contributed by atoms with E-state index in [9.17, 15) is 9.90 Å². The minimum atomic E-state index is -1.09. The van der Waals surface area contributed by atoms with Crippen molar-refractivity contribution in [1.29, 1.82) is 0 Å². The Morgan fingerprint density at radius 2 is 2.00 bits per heavy atom. The lowest BCUT2D eigenvalue weighted by Gasteiger charge is -2.08. The zero-order valence-corrected chi connectivity index (χ0v) is 10.2. The SMILES string of the molecule is Cc1cc(C)c(Cc2ccc(C(=O)O)o2)c(O)c1. The number of hydrogen-bond acceptors (Lipinski definition) is 3. The molecule has 0 unspecified atom stereocenters. The summed E-state index contributed by atoms with van der Waals surface area (Å²) in [6.45, 7) is 3.81. The molecule has 94 valence electrons. The van der Waals surface area contributed by atoms with Gasteiger partial charge in [-0.15, -0.1) is 0 Å². The van der Waals surface area contributed by atoms with Gasteiger partial charge in [0.15, 0.2) is 0 Å². The van der Waals surface area contributed by atoms with Gasteiger partial charge in [-0.25, -0.2) is 4.79 Å². The van der Waals surface area contributed by atoms with Crippen molar-refractivity contribution in [3.63, 3.8) is 0 Å². The number of aryl methyl sites for hydroxylation is 2. The molecule has 18 heavy (non-hydrogen) atoms. The van der Waals surface area contributed by atoms with Crippen LogP contribution in [0.15, 0.2) is 28.7 Å². The van der Waals surface area contributed by atoms with Gasteiger partial charge in [0, 0.05) is 12.0 Å². The Hall–Kier alpha value is -2.23. The fourth-order valence-electron chi connectivity index (χ4n) is 1.97. The van der Waals surface area contributed by atoms with Gasteiger partial charge in [0.25, 0.3) is 0 Å². The number of carboxylic acids is 1. The topological polar surface area (TPSA) is 70.7 Å². The van der Waals surface area contributed by atoms with E-state index >= 15 is 0 Å². The molecule has 2 rings (SSSR count). The van der Waals surface area contributed by atoms with Crippen molar-refractivity contribution in [2.75, 3.05) is 0 Å². The van der Waals surface area contributed by atoms with Gasteiger partial charge in [-0.05, 0) is 43.2 Å². The van der Waals surface area contributed by atoms with Crippen LogP contribution in [0.3, 0.4) is 0 Å². The van der Waals surface area contributed by atoms with Gasteiger partial charge in [-0.1, -0.05) is 6.07 Å². The standard InChI is InChI=1S/C14H14O4/c1-8-5-9(2)11(12(15)6-8)7-10-3-4-13(18-10)14(16)17/h3-6,15H,7H2,1-2H3,(H,16,17). The number of phenols is 1. The highest BCUT2D eigenvalue weighted by Crippen LogP contribution is 2.26. The van der Waals surface area contributed by atoms with Crippen LogP contribution in [-0.4, -0.2) is 16.2 Å². The van der Waals surface area contributed by atoms with Crippen molar-refractivity contribution in [2.45, 2.75) is 20.3 Å². The summed E-state index contributed by atoms with van der Waals surface area (Å²) in [5, 5.41) is 18.7. The summed E-state index contributed by atoms with van der Waals surface area (Å²) in [7, 11) is 0. The molecule has 1 aromatic carbocycles. The molecule has 0 amide bonds. The Labute approximate surface area is 104 Å². The van der Waals surface area contributed by atoms with Crippen LogP contribution in [0.4, 0.5) is 0 Å². The summed E-state index contributed by atoms with van der Waals surface area (Å²) in [6.07, 6.45) is 0.380. The van der Waals surface area contributed by atoms with Gasteiger partial charge < -0.3 is 14.6 Å². The molecular formula is C14H14O4. The number of rotatable bonds is 3. The van der Waals surface area contributed by atoms with Crippen molar-refractivity contribution in [1.82, 2.24) is 0 Å². The third-order valence-electron chi connectivity index (χ3n) is 2.82. The van der Waals surface area contributed by atoms with Gasteiger partial charge in [-0.2, -0.15) is 0 Å². The second-order valence-electron chi connectivity index (χ2n) is 4.33. The molecule has 4 heteroatoms. The number of furan rings is 1. The first-order valence-corrected chi connectivity index (χ1v) is 5.58. The summed E-state index contributed by atoms with van der Waals surface area (Å²) in [6, 6.07) is 6.68. The lowest BCUT2D eigenvalue weighted by molar-refractivity contribution is 0.0660. The lowest BCUT2D eigenvalue weighted by atomic mass is 10.0. The van der Waals surface area contributed by atoms with Gasteiger partial charge >= 0.3 is 5.97 Å². The molecule has 0 saturated heterocycles. The first-order valence-electron chi connectivity index (χ1n) is 5.58. The van der Waals surface area contributed by atoms with E-state index in [0.29, 0.717) is 12.2 Å². The third kappa shape index (κ3) is 2.37. The maximum absolute atomic E-state index is 10.7. The molecular weight excluding hydrogens is 232 g/mol. The van der Waals surface area contributed by atoms with Crippen molar-refractivity contribution in [3.05, 3.63) is 52.5 Å². The van der Waals surface area contributed by atoms with Crippen LogP contribution in [0.25, 0.3) is 0 Å². The highest BCUT2D eigenvalue weighted by molar-refractivity contribution is 5.84. The number of carbonyl (C=O) groups is 1. The van der Waals surface area contributed by atoms with Crippen LogP contribution in [0.5, 0.6) is 5.75 Å². The molecule has 0 radical (unpaired) electrons. The van der Waals surface area contributed by atoms with Crippen LogP contribution in [-0.2, 0) is 6.42 Å². The molecule has 0 fully saturated rings. The number of aromatic carboxylic acids is 1. The predicted octanol–water partition coefficient (Wildman–Crippen LogP) is 2.89. The summed E-state index contributed by atoms with van der Waals surface area (Å²) in [5.74, 6) is -0.448. The van der Waals surface area contributed by atoms with Crippen LogP contribution in [0, 0.1) is 13.8 Å². The Bertz CT molecular complexity index is 573. The van der Waals surface area contributed by atoms with Gasteiger partial charge in [-0.3, -0.25) is 0 Å². The molecule has 0 aliphatic carbocycles. The van der Waals surface area contributed by atoms with E-state index in [0.717, 1.165) is 16.7 Å². The van der Waals surface area contributed by atoms with Crippen molar-refractivity contribution >= 4 is 5.97 Å². The van der Waals surface area contributed by atoms with E-state index in [-0.39, 0.29) is 11.5 Å². The number of benzene rings is 1. The Balaban J connectivity index is 2.31.